The number of carbonyl (C=O) groups excluding carboxylic acids is 1. The number of thioether (sulfide) groups is 1. The van der Waals surface area contributed by atoms with E-state index in [1.807, 2.05) is 6.92 Å². The van der Waals surface area contributed by atoms with Crippen LogP contribution < -0.4 is 10.5 Å². The van der Waals surface area contributed by atoms with Crippen molar-refractivity contribution in [3.63, 3.8) is 0 Å². The van der Waals surface area contributed by atoms with E-state index in [4.69, 9.17) is 17.0 Å². The van der Waals surface area contributed by atoms with Crippen molar-refractivity contribution in [2.75, 3.05) is 37.7 Å². The normalized spacial score (nSPS) is 18.4. The standard InChI is InChI=1S/C21H26N4O3S2/c1-4-6-7-25-18(23-8-10-28-11-9-23)15(14(3)16(13-22)19(25)26)12-17-20(27)24(5-2)21(29)30-17/h12H,4-11H2,1-3H3/b17-12-. The number of hydrogen-bond acceptors (Lipinski definition) is 7. The molecule has 0 aromatic carbocycles. The van der Waals surface area contributed by atoms with Gasteiger partial charge in [-0.15, -0.1) is 0 Å². The van der Waals surface area contributed by atoms with Crippen LogP contribution in [0.1, 0.15) is 43.4 Å². The van der Waals surface area contributed by atoms with Crippen LogP contribution in [0.3, 0.4) is 0 Å². The quantitative estimate of drug-likeness (QED) is 0.491. The summed E-state index contributed by atoms with van der Waals surface area (Å²) in [6.07, 6.45) is 3.55. The topological polar surface area (TPSA) is 78.6 Å². The van der Waals surface area contributed by atoms with Gasteiger partial charge >= 0.3 is 0 Å². The Hall–Kier alpha value is -2.15. The lowest BCUT2D eigenvalue weighted by atomic mass is 10.0. The summed E-state index contributed by atoms with van der Waals surface area (Å²) in [4.78, 5) is 30.2. The van der Waals surface area contributed by atoms with Gasteiger partial charge in [-0.2, -0.15) is 5.26 Å². The third kappa shape index (κ3) is 4.17. The molecule has 0 unspecified atom stereocenters. The second kappa shape index (κ2) is 9.77. The number of nitrogens with zero attached hydrogens (tertiary/aromatic N) is 4. The SMILES string of the molecule is CCCCn1c(N2CCOCC2)c(/C=C2\SC(=S)N(CC)C2=O)c(C)c(C#N)c1=O. The number of hydrogen-bond donors (Lipinski definition) is 0. The molecule has 0 atom stereocenters. The van der Waals surface area contributed by atoms with Crippen LogP contribution in [0.4, 0.5) is 5.82 Å². The maximum Gasteiger partial charge on any atom is 0.270 e. The molecule has 3 rings (SSSR count). The van der Waals surface area contributed by atoms with Gasteiger partial charge in [-0.1, -0.05) is 37.3 Å². The van der Waals surface area contributed by atoms with E-state index in [1.54, 1.807) is 22.5 Å². The number of unbranched alkanes of at least 4 members (excludes halogenated alkanes) is 1. The summed E-state index contributed by atoms with van der Waals surface area (Å²) in [5.74, 6) is 0.625. The van der Waals surface area contributed by atoms with Crippen LogP contribution in [0, 0.1) is 18.3 Å². The van der Waals surface area contributed by atoms with Gasteiger partial charge < -0.3 is 9.64 Å². The highest BCUT2D eigenvalue weighted by atomic mass is 32.2. The van der Waals surface area contributed by atoms with Crippen LogP contribution in [-0.4, -0.2) is 52.5 Å². The first-order valence-corrected chi connectivity index (χ1v) is 11.4. The van der Waals surface area contributed by atoms with Gasteiger partial charge in [0.25, 0.3) is 11.5 Å². The summed E-state index contributed by atoms with van der Waals surface area (Å²) < 4.78 is 7.73. The Morgan fingerprint density at radius 3 is 2.53 bits per heavy atom. The van der Waals surface area contributed by atoms with Gasteiger partial charge in [0.1, 0.15) is 21.8 Å². The Kier molecular flexibility index (Phi) is 7.34. The molecule has 0 bridgehead atoms. The van der Waals surface area contributed by atoms with Gasteiger partial charge in [-0.3, -0.25) is 19.1 Å². The Morgan fingerprint density at radius 1 is 1.27 bits per heavy atom. The fraction of sp³-hybridized carbons (Fsp3) is 0.524. The predicted octanol–water partition coefficient (Wildman–Crippen LogP) is 2.89. The third-order valence-electron chi connectivity index (χ3n) is 5.36. The number of pyridine rings is 1. The number of aromatic nitrogens is 1. The number of morpholine rings is 1. The molecule has 1 aromatic rings. The molecule has 9 heteroatoms. The minimum absolute atomic E-state index is 0.125. The molecular formula is C21H26N4O3S2. The van der Waals surface area contributed by atoms with Gasteiger partial charge in [0.2, 0.25) is 0 Å². The highest BCUT2D eigenvalue weighted by molar-refractivity contribution is 8.26. The summed E-state index contributed by atoms with van der Waals surface area (Å²) in [7, 11) is 0. The Bertz CT molecular complexity index is 987. The number of thiocarbonyl (C=S) groups is 1. The lowest BCUT2D eigenvalue weighted by Gasteiger charge is -2.33. The van der Waals surface area contributed by atoms with Crippen molar-refractivity contribution in [1.29, 1.82) is 5.26 Å². The first kappa shape index (κ1) is 22.5. The maximum atomic E-state index is 13.2. The lowest BCUT2D eigenvalue weighted by molar-refractivity contribution is -0.121. The van der Waals surface area contributed by atoms with Crippen LogP contribution in [-0.2, 0) is 16.1 Å². The fourth-order valence-corrected chi connectivity index (χ4v) is 5.05. The molecule has 2 aliphatic rings. The van der Waals surface area contributed by atoms with Crippen LogP contribution in [0.5, 0.6) is 0 Å². The number of rotatable bonds is 6. The number of anilines is 1. The first-order chi connectivity index (χ1) is 14.4. The number of carbonyl (C=O) groups is 1. The molecule has 3 heterocycles. The second-order valence-corrected chi connectivity index (χ2v) is 8.86. The second-order valence-electron chi connectivity index (χ2n) is 7.18. The van der Waals surface area contributed by atoms with Crippen molar-refractivity contribution in [2.24, 2.45) is 0 Å². The van der Waals surface area contributed by atoms with Gasteiger partial charge in [-0.25, -0.2) is 0 Å². The summed E-state index contributed by atoms with van der Waals surface area (Å²) in [6.45, 7) is 9.19. The Morgan fingerprint density at radius 2 is 1.97 bits per heavy atom. The van der Waals surface area contributed by atoms with Gasteiger partial charge in [0, 0.05) is 31.7 Å². The van der Waals surface area contributed by atoms with E-state index in [9.17, 15) is 14.9 Å². The Balaban J connectivity index is 2.25. The monoisotopic (exact) mass is 446 g/mol. The highest BCUT2D eigenvalue weighted by Crippen LogP contribution is 2.35. The smallest absolute Gasteiger partial charge is 0.270 e. The zero-order valence-corrected chi connectivity index (χ0v) is 19.2. The van der Waals surface area contributed by atoms with Crippen molar-refractivity contribution < 1.29 is 9.53 Å². The first-order valence-electron chi connectivity index (χ1n) is 10.2. The zero-order chi connectivity index (χ0) is 21.8. The van der Waals surface area contributed by atoms with Crippen LogP contribution in [0.25, 0.3) is 6.08 Å². The number of amides is 1. The van der Waals surface area contributed by atoms with E-state index in [1.165, 1.54) is 11.8 Å². The summed E-state index contributed by atoms with van der Waals surface area (Å²) in [6, 6.07) is 2.08. The molecule has 0 saturated carbocycles. The molecule has 7 nitrogen and oxygen atoms in total. The van der Waals surface area contributed by atoms with Crippen LogP contribution >= 0.6 is 24.0 Å². The Labute approximate surface area is 186 Å². The van der Waals surface area contributed by atoms with Gasteiger partial charge in [0.05, 0.1) is 18.1 Å². The molecule has 2 aliphatic heterocycles. The summed E-state index contributed by atoms with van der Waals surface area (Å²) >= 11 is 6.61. The average Bonchev–Trinajstić information content (AvgIpc) is 3.02. The molecule has 30 heavy (non-hydrogen) atoms. The number of likely N-dealkylation sites (N-methyl/N-ethyl adjacent to an activating group) is 1. The molecule has 0 N–H and O–H groups in total. The van der Waals surface area contributed by atoms with E-state index in [0.717, 1.165) is 24.2 Å². The average molecular weight is 447 g/mol. The molecule has 0 aliphatic carbocycles. The van der Waals surface area contributed by atoms with Crippen molar-refractivity contribution in [3.8, 4) is 6.07 Å². The minimum atomic E-state index is -0.275. The van der Waals surface area contributed by atoms with Crippen molar-refractivity contribution in [1.82, 2.24) is 9.47 Å². The molecule has 160 valence electrons. The molecule has 0 radical (unpaired) electrons. The molecule has 1 aromatic heterocycles. The number of nitriles is 1. The van der Waals surface area contributed by atoms with E-state index < -0.39 is 0 Å². The molecule has 2 saturated heterocycles. The highest BCUT2D eigenvalue weighted by Gasteiger charge is 2.32. The largest absolute Gasteiger partial charge is 0.378 e. The van der Waals surface area contributed by atoms with Crippen LogP contribution in [0.15, 0.2) is 9.70 Å². The predicted molar refractivity (Wildman–Crippen MR) is 124 cm³/mol. The number of ether oxygens (including phenoxy) is 1. The van der Waals surface area contributed by atoms with Gasteiger partial charge in [-0.05, 0) is 31.9 Å². The molecular weight excluding hydrogens is 420 g/mol. The molecule has 0 spiro atoms. The molecule has 1 amide bonds. The maximum absolute atomic E-state index is 13.2. The molecule has 2 fully saturated rings. The van der Waals surface area contributed by atoms with Crippen molar-refractivity contribution in [2.45, 2.75) is 40.2 Å². The third-order valence-corrected chi connectivity index (χ3v) is 6.74. The fourth-order valence-electron chi connectivity index (χ4n) is 3.69. The van der Waals surface area contributed by atoms with E-state index in [0.29, 0.717) is 54.2 Å². The minimum Gasteiger partial charge on any atom is -0.378 e. The van der Waals surface area contributed by atoms with E-state index >= 15 is 0 Å². The summed E-state index contributed by atoms with van der Waals surface area (Å²) in [5, 5.41) is 9.69. The zero-order valence-electron chi connectivity index (χ0n) is 17.6. The van der Waals surface area contributed by atoms with Crippen molar-refractivity contribution in [3.05, 3.63) is 31.9 Å². The van der Waals surface area contributed by atoms with E-state index in [-0.39, 0.29) is 17.0 Å². The van der Waals surface area contributed by atoms with Crippen LogP contribution in [0.2, 0.25) is 0 Å². The van der Waals surface area contributed by atoms with E-state index in [2.05, 4.69) is 17.9 Å². The van der Waals surface area contributed by atoms with Crippen molar-refractivity contribution >= 4 is 46.1 Å². The lowest BCUT2D eigenvalue weighted by Crippen LogP contribution is -2.41. The van der Waals surface area contributed by atoms with Gasteiger partial charge in [0.15, 0.2) is 0 Å². The summed E-state index contributed by atoms with van der Waals surface area (Å²) in [5.41, 5.74) is 1.18.